The summed E-state index contributed by atoms with van der Waals surface area (Å²) in [5.74, 6) is 6.30. The Kier molecular flexibility index (Phi) is 5.68. The Labute approximate surface area is 179 Å². The lowest BCUT2D eigenvalue weighted by atomic mass is 10.1. The fraction of sp³-hybridized carbons (Fsp3) is 0.273. The van der Waals surface area contributed by atoms with Gasteiger partial charge in [0.1, 0.15) is 17.3 Å². The molecule has 2 amide bonds. The molecule has 1 unspecified atom stereocenters. The lowest BCUT2D eigenvalue weighted by Crippen LogP contribution is -2.27. The van der Waals surface area contributed by atoms with Crippen molar-refractivity contribution in [2.75, 3.05) is 17.7 Å². The molecule has 0 saturated carbocycles. The lowest BCUT2D eigenvalue weighted by Gasteiger charge is -2.09. The number of carbonyl (C=O) groups is 2. The predicted molar refractivity (Wildman–Crippen MR) is 118 cm³/mol. The number of hydrogen-bond acceptors (Lipinski definition) is 6. The van der Waals surface area contributed by atoms with E-state index in [-0.39, 0.29) is 17.6 Å². The molecule has 0 radical (unpaired) electrons. The highest BCUT2D eigenvalue weighted by atomic mass is 16.2. The Morgan fingerprint density at radius 3 is 2.68 bits per heavy atom. The van der Waals surface area contributed by atoms with E-state index in [1.54, 1.807) is 30.5 Å². The van der Waals surface area contributed by atoms with Crippen LogP contribution in [0.5, 0.6) is 0 Å². The lowest BCUT2D eigenvalue weighted by molar-refractivity contribution is 0.0991. The minimum atomic E-state index is -0.655. The second-order valence-corrected chi connectivity index (χ2v) is 7.48. The van der Waals surface area contributed by atoms with E-state index in [0.29, 0.717) is 28.5 Å². The largest absolute Gasteiger partial charge is 0.364 e. The van der Waals surface area contributed by atoms with Gasteiger partial charge in [0.05, 0.1) is 6.04 Å². The molecule has 1 fully saturated rings. The number of aryl methyl sites for hydroxylation is 1. The monoisotopic (exact) mass is 419 g/mol. The molecule has 9 heteroatoms. The van der Waals surface area contributed by atoms with Crippen molar-refractivity contribution in [3.8, 4) is 11.3 Å². The van der Waals surface area contributed by atoms with Gasteiger partial charge in [-0.15, -0.1) is 0 Å². The van der Waals surface area contributed by atoms with Gasteiger partial charge in [-0.1, -0.05) is 19.1 Å². The van der Waals surface area contributed by atoms with E-state index >= 15 is 0 Å². The van der Waals surface area contributed by atoms with Crippen LogP contribution in [0.1, 0.15) is 58.0 Å². The first-order valence-electron chi connectivity index (χ1n) is 10.3. The van der Waals surface area contributed by atoms with E-state index in [2.05, 4.69) is 20.6 Å². The number of nitrogen functional groups attached to an aromatic ring is 1. The fourth-order valence-corrected chi connectivity index (χ4v) is 3.77. The summed E-state index contributed by atoms with van der Waals surface area (Å²) in [7, 11) is 0. The number of anilines is 1. The normalized spacial score (nSPS) is 15.7. The van der Waals surface area contributed by atoms with Gasteiger partial charge < -0.3 is 22.2 Å². The third-order valence-corrected chi connectivity index (χ3v) is 5.44. The Morgan fingerprint density at radius 2 is 2.03 bits per heavy atom. The molecular formula is C22H25N7O2. The molecule has 9 nitrogen and oxygen atoms in total. The first kappa shape index (κ1) is 20.5. The third kappa shape index (κ3) is 4.13. The number of aromatic nitrogens is 3. The maximum absolute atomic E-state index is 12.6. The zero-order valence-electron chi connectivity index (χ0n) is 17.3. The summed E-state index contributed by atoms with van der Waals surface area (Å²) < 4.78 is 1.27. The van der Waals surface area contributed by atoms with Crippen LogP contribution < -0.4 is 22.2 Å². The van der Waals surface area contributed by atoms with Gasteiger partial charge in [-0.2, -0.15) is 0 Å². The van der Waals surface area contributed by atoms with E-state index in [1.165, 1.54) is 4.68 Å². The third-order valence-electron chi connectivity index (χ3n) is 5.44. The SMILES string of the molecule is CCc1ccnc(NC(=O)c2ccc(-c3nc(C4CCCN4)n(N)c3C(N)=O)cc2)c1. The number of nitrogens with two attached hydrogens (primary N) is 2. The molecule has 1 aliphatic rings. The summed E-state index contributed by atoms with van der Waals surface area (Å²) in [6.07, 6.45) is 4.42. The van der Waals surface area contributed by atoms with Crippen molar-refractivity contribution in [1.29, 1.82) is 0 Å². The van der Waals surface area contributed by atoms with Crippen LogP contribution in [0.3, 0.4) is 0 Å². The summed E-state index contributed by atoms with van der Waals surface area (Å²) >= 11 is 0. The highest BCUT2D eigenvalue weighted by molar-refractivity contribution is 6.04. The van der Waals surface area contributed by atoms with Crippen LogP contribution in [0, 0.1) is 0 Å². The van der Waals surface area contributed by atoms with Gasteiger partial charge in [0.25, 0.3) is 11.8 Å². The summed E-state index contributed by atoms with van der Waals surface area (Å²) in [5.41, 5.74) is 8.32. The number of rotatable bonds is 6. The average molecular weight is 419 g/mol. The molecule has 1 atom stereocenters. The van der Waals surface area contributed by atoms with Crippen molar-refractivity contribution in [1.82, 2.24) is 20.0 Å². The number of primary amides is 1. The van der Waals surface area contributed by atoms with Crippen molar-refractivity contribution < 1.29 is 9.59 Å². The van der Waals surface area contributed by atoms with Crippen LogP contribution in [0.25, 0.3) is 11.3 Å². The molecular weight excluding hydrogens is 394 g/mol. The second kappa shape index (κ2) is 8.57. The number of amides is 2. The van der Waals surface area contributed by atoms with Crippen LogP contribution in [0.2, 0.25) is 0 Å². The van der Waals surface area contributed by atoms with Crippen LogP contribution in [0.4, 0.5) is 5.82 Å². The van der Waals surface area contributed by atoms with Crippen molar-refractivity contribution >= 4 is 17.6 Å². The number of hydrogen-bond donors (Lipinski definition) is 4. The quantitative estimate of drug-likeness (QED) is 0.450. The Balaban J connectivity index is 1.59. The first-order chi connectivity index (χ1) is 15.0. The van der Waals surface area contributed by atoms with E-state index in [0.717, 1.165) is 31.4 Å². The molecule has 4 rings (SSSR count). The number of nitrogens with zero attached hydrogens (tertiary/aromatic N) is 3. The Bertz CT molecular complexity index is 1120. The van der Waals surface area contributed by atoms with Crippen molar-refractivity contribution in [2.45, 2.75) is 32.2 Å². The van der Waals surface area contributed by atoms with Gasteiger partial charge in [0.15, 0.2) is 5.69 Å². The standard InChI is InChI=1S/C22H25N7O2/c1-2-13-9-11-26-17(12-13)27-22(31)15-7-5-14(6-8-15)18-19(20(23)30)29(24)21(28-18)16-4-3-10-25-16/h5-9,11-12,16,25H,2-4,10,24H2,1H3,(H2,23,30)(H,26,27,31). The molecule has 1 saturated heterocycles. The molecule has 1 aliphatic heterocycles. The van der Waals surface area contributed by atoms with E-state index < -0.39 is 5.91 Å². The van der Waals surface area contributed by atoms with Gasteiger partial charge in [-0.25, -0.2) is 14.6 Å². The number of nitrogens with one attached hydrogen (secondary N) is 2. The molecule has 0 bridgehead atoms. The zero-order valence-corrected chi connectivity index (χ0v) is 17.3. The maximum Gasteiger partial charge on any atom is 0.269 e. The van der Waals surface area contributed by atoms with Gasteiger partial charge in [0.2, 0.25) is 0 Å². The fourth-order valence-electron chi connectivity index (χ4n) is 3.77. The molecule has 31 heavy (non-hydrogen) atoms. The van der Waals surface area contributed by atoms with Gasteiger partial charge >= 0.3 is 0 Å². The van der Waals surface area contributed by atoms with Crippen LogP contribution in [0.15, 0.2) is 42.6 Å². The Hall–Kier alpha value is -3.72. The molecule has 1 aromatic carbocycles. The molecule has 6 N–H and O–H groups in total. The summed E-state index contributed by atoms with van der Waals surface area (Å²) in [5, 5.41) is 6.13. The number of benzene rings is 1. The number of carbonyl (C=O) groups excluding carboxylic acids is 2. The average Bonchev–Trinajstić information content (AvgIpc) is 3.41. The molecule has 160 valence electrons. The van der Waals surface area contributed by atoms with E-state index in [4.69, 9.17) is 11.6 Å². The summed E-state index contributed by atoms with van der Waals surface area (Å²) in [6.45, 7) is 2.91. The van der Waals surface area contributed by atoms with Gasteiger partial charge in [0, 0.05) is 17.3 Å². The zero-order chi connectivity index (χ0) is 22.0. The number of pyridine rings is 1. The highest BCUT2D eigenvalue weighted by Gasteiger charge is 2.27. The molecule has 0 aliphatic carbocycles. The van der Waals surface area contributed by atoms with Crippen molar-refractivity contribution in [3.63, 3.8) is 0 Å². The molecule has 2 aromatic heterocycles. The molecule has 3 aromatic rings. The van der Waals surface area contributed by atoms with E-state index in [1.807, 2.05) is 19.1 Å². The topological polar surface area (TPSA) is 141 Å². The second-order valence-electron chi connectivity index (χ2n) is 7.48. The predicted octanol–water partition coefficient (Wildman–Crippen LogP) is 2.00. The molecule has 0 spiro atoms. The van der Waals surface area contributed by atoms with Crippen LogP contribution in [-0.2, 0) is 6.42 Å². The van der Waals surface area contributed by atoms with Gasteiger partial charge in [-0.05, 0) is 55.6 Å². The minimum absolute atomic E-state index is 0.0201. The van der Waals surface area contributed by atoms with E-state index in [9.17, 15) is 9.59 Å². The van der Waals surface area contributed by atoms with Crippen LogP contribution in [-0.4, -0.2) is 33.0 Å². The maximum atomic E-state index is 12.6. The summed E-state index contributed by atoms with van der Waals surface area (Å²) in [6, 6.07) is 10.5. The van der Waals surface area contributed by atoms with Crippen molar-refractivity contribution in [3.05, 3.63) is 65.2 Å². The number of imidazole rings is 1. The molecule has 3 heterocycles. The highest BCUT2D eigenvalue weighted by Crippen LogP contribution is 2.29. The first-order valence-corrected chi connectivity index (χ1v) is 10.3. The summed E-state index contributed by atoms with van der Waals surface area (Å²) in [4.78, 5) is 33.5. The minimum Gasteiger partial charge on any atom is -0.364 e. The Morgan fingerprint density at radius 1 is 1.26 bits per heavy atom. The smallest absolute Gasteiger partial charge is 0.269 e. The van der Waals surface area contributed by atoms with Gasteiger partial charge in [-0.3, -0.25) is 9.59 Å². The van der Waals surface area contributed by atoms with Crippen molar-refractivity contribution in [2.24, 2.45) is 5.73 Å². The van der Waals surface area contributed by atoms with Crippen LogP contribution >= 0.6 is 0 Å².